The molecule has 20 heavy (non-hydrogen) atoms. The van der Waals surface area contributed by atoms with Crippen LogP contribution in [0.2, 0.25) is 0 Å². The van der Waals surface area contributed by atoms with Crippen molar-refractivity contribution in [3.8, 4) is 5.75 Å². The Bertz CT molecular complexity index is 358. The van der Waals surface area contributed by atoms with Gasteiger partial charge in [0.25, 0.3) is 0 Å². The van der Waals surface area contributed by atoms with E-state index in [0.29, 0.717) is 6.54 Å². The Morgan fingerprint density at radius 3 is 2.50 bits per heavy atom. The maximum Gasteiger partial charge on any atom is 0.387 e. The third-order valence-electron chi connectivity index (χ3n) is 3.21. The van der Waals surface area contributed by atoms with Gasteiger partial charge in [0.1, 0.15) is 5.75 Å². The maximum atomic E-state index is 12.2. The summed E-state index contributed by atoms with van der Waals surface area (Å²) in [7, 11) is 0. The predicted molar refractivity (Wildman–Crippen MR) is 78.2 cm³/mol. The van der Waals surface area contributed by atoms with Crippen LogP contribution >= 0.6 is 0 Å². The number of rotatable bonds is 11. The molecule has 1 rings (SSSR count). The van der Waals surface area contributed by atoms with Crippen molar-refractivity contribution in [2.24, 2.45) is 0 Å². The van der Waals surface area contributed by atoms with Crippen LogP contribution in [0.3, 0.4) is 0 Å². The number of nitrogens with one attached hydrogen (secondary N) is 1. The fourth-order valence-electron chi connectivity index (χ4n) is 2.11. The summed E-state index contributed by atoms with van der Waals surface area (Å²) < 4.78 is 29.0. The van der Waals surface area contributed by atoms with Crippen LogP contribution in [0.1, 0.15) is 51.0 Å². The number of ether oxygens (including phenoxy) is 1. The van der Waals surface area contributed by atoms with Gasteiger partial charge < -0.3 is 10.1 Å². The number of halogens is 2. The molecule has 0 aliphatic carbocycles. The first-order valence-corrected chi connectivity index (χ1v) is 7.47. The third-order valence-corrected chi connectivity index (χ3v) is 3.21. The van der Waals surface area contributed by atoms with Crippen molar-refractivity contribution in [1.82, 2.24) is 5.32 Å². The molecule has 1 aromatic rings. The second kappa shape index (κ2) is 10.6. The molecule has 1 aromatic carbocycles. The molecule has 0 heterocycles. The number of benzene rings is 1. The fraction of sp³-hybridized carbons (Fsp3) is 0.625. The maximum absolute atomic E-state index is 12.2. The summed E-state index contributed by atoms with van der Waals surface area (Å²) in [6, 6.07) is 6.93. The van der Waals surface area contributed by atoms with Gasteiger partial charge in [0.05, 0.1) is 0 Å². The minimum Gasteiger partial charge on any atom is -0.434 e. The quantitative estimate of drug-likeness (QED) is 0.593. The van der Waals surface area contributed by atoms with E-state index in [1.165, 1.54) is 32.1 Å². The van der Waals surface area contributed by atoms with Crippen LogP contribution < -0.4 is 10.1 Å². The van der Waals surface area contributed by atoms with Gasteiger partial charge in [-0.2, -0.15) is 8.78 Å². The molecule has 0 fully saturated rings. The van der Waals surface area contributed by atoms with E-state index in [2.05, 4.69) is 17.0 Å². The molecule has 0 radical (unpaired) electrons. The molecule has 0 aromatic heterocycles. The van der Waals surface area contributed by atoms with Crippen molar-refractivity contribution in [3.05, 3.63) is 29.8 Å². The van der Waals surface area contributed by atoms with E-state index in [9.17, 15) is 8.78 Å². The molecule has 1 N–H and O–H groups in total. The van der Waals surface area contributed by atoms with Gasteiger partial charge in [0.15, 0.2) is 0 Å². The van der Waals surface area contributed by atoms with Gasteiger partial charge in [-0.3, -0.25) is 0 Å². The molecule has 2 nitrogen and oxygen atoms in total. The first-order chi connectivity index (χ1) is 9.74. The lowest BCUT2D eigenvalue weighted by Crippen LogP contribution is -2.16. The summed E-state index contributed by atoms with van der Waals surface area (Å²) >= 11 is 0. The molecular weight excluding hydrogens is 260 g/mol. The van der Waals surface area contributed by atoms with Gasteiger partial charge in [-0.15, -0.1) is 0 Å². The normalized spacial score (nSPS) is 11.0. The Kier molecular flexibility index (Phi) is 8.96. The van der Waals surface area contributed by atoms with E-state index in [4.69, 9.17) is 0 Å². The Labute approximate surface area is 120 Å². The standard InChI is InChI=1S/C16H25F2NO/c1-2-3-4-5-6-9-12-19-13-14-10-7-8-11-15(14)20-16(17)18/h7-8,10-11,16,19H,2-6,9,12-13H2,1H3. The van der Waals surface area contributed by atoms with Gasteiger partial charge in [0, 0.05) is 12.1 Å². The van der Waals surface area contributed by atoms with Gasteiger partial charge >= 0.3 is 6.61 Å². The molecule has 0 bridgehead atoms. The minimum atomic E-state index is -2.77. The van der Waals surface area contributed by atoms with E-state index >= 15 is 0 Å². The van der Waals surface area contributed by atoms with E-state index in [1.54, 1.807) is 12.1 Å². The molecule has 0 unspecified atom stereocenters. The molecule has 4 heteroatoms. The monoisotopic (exact) mass is 285 g/mol. The van der Waals surface area contributed by atoms with Gasteiger partial charge in [0.2, 0.25) is 0 Å². The van der Waals surface area contributed by atoms with Crippen molar-refractivity contribution in [2.75, 3.05) is 6.54 Å². The number of para-hydroxylation sites is 1. The number of hydrogen-bond acceptors (Lipinski definition) is 2. The largest absolute Gasteiger partial charge is 0.434 e. The average molecular weight is 285 g/mol. The topological polar surface area (TPSA) is 21.3 Å². The Balaban J connectivity index is 2.18. The van der Waals surface area contributed by atoms with Crippen molar-refractivity contribution in [3.63, 3.8) is 0 Å². The summed E-state index contributed by atoms with van der Waals surface area (Å²) in [5.41, 5.74) is 0.777. The highest BCUT2D eigenvalue weighted by atomic mass is 19.3. The Morgan fingerprint density at radius 2 is 1.75 bits per heavy atom. The van der Waals surface area contributed by atoms with Gasteiger partial charge in [-0.05, 0) is 19.0 Å². The molecule has 0 saturated carbocycles. The number of alkyl halides is 2. The number of unbranched alkanes of at least 4 members (excludes halogenated alkanes) is 5. The molecule has 0 amide bonds. The van der Waals surface area contributed by atoms with Crippen LogP contribution in [-0.2, 0) is 6.54 Å². The molecule has 0 atom stereocenters. The highest BCUT2D eigenvalue weighted by Crippen LogP contribution is 2.19. The van der Waals surface area contributed by atoms with E-state index in [0.717, 1.165) is 18.5 Å². The van der Waals surface area contributed by atoms with Crippen molar-refractivity contribution >= 4 is 0 Å². The summed E-state index contributed by atoms with van der Waals surface area (Å²) in [6.45, 7) is 0.919. The second-order valence-electron chi connectivity index (χ2n) is 4.93. The lowest BCUT2D eigenvalue weighted by atomic mass is 10.1. The summed E-state index contributed by atoms with van der Waals surface area (Å²) in [5, 5.41) is 3.28. The van der Waals surface area contributed by atoms with Crippen LogP contribution in [0.25, 0.3) is 0 Å². The molecular formula is C16H25F2NO. The molecule has 0 aliphatic heterocycles. The third kappa shape index (κ3) is 7.43. The average Bonchev–Trinajstić information content (AvgIpc) is 2.43. The van der Waals surface area contributed by atoms with E-state index < -0.39 is 6.61 Å². The number of hydrogen-bond donors (Lipinski definition) is 1. The van der Waals surface area contributed by atoms with Crippen LogP contribution in [-0.4, -0.2) is 13.2 Å². The lowest BCUT2D eigenvalue weighted by Gasteiger charge is -2.11. The minimum absolute atomic E-state index is 0.262. The molecule has 0 aliphatic rings. The van der Waals surface area contributed by atoms with Crippen molar-refractivity contribution in [2.45, 2.75) is 58.6 Å². The highest BCUT2D eigenvalue weighted by molar-refractivity contribution is 5.33. The van der Waals surface area contributed by atoms with E-state index in [-0.39, 0.29) is 5.75 Å². The predicted octanol–water partition coefficient (Wildman–Crippen LogP) is 4.74. The summed E-state index contributed by atoms with van der Waals surface area (Å²) in [5.74, 6) is 0.262. The molecule has 0 spiro atoms. The highest BCUT2D eigenvalue weighted by Gasteiger charge is 2.08. The Morgan fingerprint density at radius 1 is 1.05 bits per heavy atom. The first-order valence-electron chi connectivity index (χ1n) is 7.47. The zero-order valence-electron chi connectivity index (χ0n) is 12.2. The second-order valence-corrected chi connectivity index (χ2v) is 4.93. The smallest absolute Gasteiger partial charge is 0.387 e. The van der Waals surface area contributed by atoms with Gasteiger partial charge in [-0.1, -0.05) is 57.2 Å². The molecule has 0 saturated heterocycles. The van der Waals surface area contributed by atoms with Crippen LogP contribution in [0, 0.1) is 0 Å². The lowest BCUT2D eigenvalue weighted by molar-refractivity contribution is -0.0504. The van der Waals surface area contributed by atoms with Crippen LogP contribution in [0.5, 0.6) is 5.75 Å². The first kappa shape index (κ1) is 16.9. The summed E-state index contributed by atoms with van der Waals surface area (Å²) in [6.07, 6.45) is 7.51. The summed E-state index contributed by atoms with van der Waals surface area (Å²) in [4.78, 5) is 0. The van der Waals surface area contributed by atoms with Gasteiger partial charge in [-0.25, -0.2) is 0 Å². The van der Waals surface area contributed by atoms with Crippen LogP contribution in [0.4, 0.5) is 8.78 Å². The molecule has 114 valence electrons. The SMILES string of the molecule is CCCCCCCCNCc1ccccc1OC(F)F. The zero-order chi connectivity index (χ0) is 14.6. The van der Waals surface area contributed by atoms with Crippen molar-refractivity contribution in [1.29, 1.82) is 0 Å². The van der Waals surface area contributed by atoms with E-state index in [1.807, 2.05) is 12.1 Å². The van der Waals surface area contributed by atoms with Crippen molar-refractivity contribution < 1.29 is 13.5 Å². The zero-order valence-corrected chi connectivity index (χ0v) is 12.2. The van der Waals surface area contributed by atoms with Crippen LogP contribution in [0.15, 0.2) is 24.3 Å². The fourth-order valence-corrected chi connectivity index (χ4v) is 2.11. The Hall–Kier alpha value is -1.16.